The summed E-state index contributed by atoms with van der Waals surface area (Å²) >= 11 is 0. The Kier molecular flexibility index (Phi) is 7.64. The SMILES string of the molecule is CN(c1cnc(S(=O)(=O)Nc2cccc(F)n2)cc1C(F)(F)F)C1CCN(Cc2cccc(F)c2)CC1. The fourth-order valence-corrected chi connectivity index (χ4v) is 5.25. The molecule has 3 heterocycles. The number of anilines is 2. The number of hydrogen-bond acceptors (Lipinski definition) is 6. The van der Waals surface area contributed by atoms with Crippen LogP contribution in [-0.4, -0.2) is 49.5 Å². The van der Waals surface area contributed by atoms with E-state index >= 15 is 0 Å². The quantitative estimate of drug-likeness (QED) is 0.346. The lowest BCUT2D eigenvalue weighted by molar-refractivity contribution is -0.137. The fraction of sp³-hybridized carbons (Fsp3) is 0.333. The molecule has 198 valence electrons. The number of benzene rings is 1. The molecular weight excluding hydrogens is 517 g/mol. The van der Waals surface area contributed by atoms with Crippen molar-refractivity contribution in [3.05, 3.63) is 77.6 Å². The number of sulfonamides is 1. The molecule has 37 heavy (non-hydrogen) atoms. The molecule has 0 unspecified atom stereocenters. The van der Waals surface area contributed by atoms with Crippen LogP contribution in [0.4, 0.5) is 33.5 Å². The molecule has 1 fully saturated rings. The van der Waals surface area contributed by atoms with E-state index in [0.29, 0.717) is 38.5 Å². The summed E-state index contributed by atoms with van der Waals surface area (Å²) in [7, 11) is -3.05. The highest BCUT2D eigenvalue weighted by molar-refractivity contribution is 7.92. The monoisotopic (exact) mass is 541 g/mol. The Labute approximate surface area is 211 Å². The molecule has 4 rings (SSSR count). The van der Waals surface area contributed by atoms with Crippen LogP contribution in [0.15, 0.2) is 59.8 Å². The Morgan fingerprint density at radius 3 is 2.43 bits per heavy atom. The lowest BCUT2D eigenvalue weighted by atomic mass is 10.0. The molecule has 1 aromatic carbocycles. The number of rotatable bonds is 7. The minimum absolute atomic E-state index is 0.247. The molecule has 0 atom stereocenters. The molecule has 1 aliphatic heterocycles. The second kappa shape index (κ2) is 10.6. The molecule has 1 saturated heterocycles. The first-order valence-electron chi connectivity index (χ1n) is 11.3. The molecule has 13 heteroatoms. The summed E-state index contributed by atoms with van der Waals surface area (Å²) in [6, 6.07) is 9.84. The van der Waals surface area contributed by atoms with Gasteiger partial charge in [-0.15, -0.1) is 0 Å². The zero-order chi connectivity index (χ0) is 26.8. The predicted molar refractivity (Wildman–Crippen MR) is 127 cm³/mol. The largest absolute Gasteiger partial charge is 0.418 e. The fourth-order valence-electron chi connectivity index (χ4n) is 4.29. The van der Waals surface area contributed by atoms with E-state index in [0.717, 1.165) is 23.9 Å². The highest BCUT2D eigenvalue weighted by Gasteiger charge is 2.38. The normalized spacial score (nSPS) is 15.5. The van der Waals surface area contributed by atoms with Crippen molar-refractivity contribution in [3.8, 4) is 0 Å². The van der Waals surface area contributed by atoms with E-state index in [4.69, 9.17) is 0 Å². The van der Waals surface area contributed by atoms with E-state index in [1.807, 2.05) is 10.8 Å². The maximum Gasteiger partial charge on any atom is 0.418 e. The number of nitrogens with zero attached hydrogens (tertiary/aromatic N) is 4. The third-order valence-electron chi connectivity index (χ3n) is 6.17. The van der Waals surface area contributed by atoms with Crippen molar-refractivity contribution in [3.63, 3.8) is 0 Å². The highest BCUT2D eigenvalue weighted by Crippen LogP contribution is 2.38. The molecule has 1 aliphatic rings. The lowest BCUT2D eigenvalue weighted by Gasteiger charge is -2.38. The second-order valence-corrected chi connectivity index (χ2v) is 10.4. The van der Waals surface area contributed by atoms with Gasteiger partial charge >= 0.3 is 6.18 Å². The van der Waals surface area contributed by atoms with Crippen LogP contribution in [0.5, 0.6) is 0 Å². The smallest absolute Gasteiger partial charge is 0.370 e. The van der Waals surface area contributed by atoms with Gasteiger partial charge < -0.3 is 4.90 Å². The topological polar surface area (TPSA) is 78.4 Å². The standard InChI is InChI=1S/C24H24F5N5O2S/c1-33(18-8-10-34(11-9-18)15-16-4-2-5-17(25)12-16)20-14-30-23(13-19(20)24(27,28)29)37(35,36)32-22-7-3-6-21(26)31-22/h2-7,12-14,18H,8-11,15H2,1H3,(H,31,32). The predicted octanol–water partition coefficient (Wildman–Crippen LogP) is 4.68. The third kappa shape index (κ3) is 6.52. The van der Waals surface area contributed by atoms with E-state index in [1.165, 1.54) is 30.1 Å². The Balaban J connectivity index is 1.51. The molecule has 0 radical (unpaired) electrons. The van der Waals surface area contributed by atoms with Crippen molar-refractivity contribution in [2.75, 3.05) is 29.8 Å². The first-order valence-corrected chi connectivity index (χ1v) is 12.8. The van der Waals surface area contributed by atoms with E-state index in [9.17, 15) is 30.4 Å². The van der Waals surface area contributed by atoms with E-state index in [2.05, 4.69) is 14.9 Å². The van der Waals surface area contributed by atoms with Crippen LogP contribution in [0.3, 0.4) is 0 Å². The van der Waals surface area contributed by atoms with Crippen LogP contribution in [0.25, 0.3) is 0 Å². The van der Waals surface area contributed by atoms with Gasteiger partial charge in [0.2, 0.25) is 5.95 Å². The summed E-state index contributed by atoms with van der Waals surface area (Å²) in [6.45, 7) is 1.72. The van der Waals surface area contributed by atoms with E-state index < -0.39 is 32.7 Å². The Bertz CT molecular complexity index is 1360. The third-order valence-corrected chi connectivity index (χ3v) is 7.42. The summed E-state index contributed by atoms with van der Waals surface area (Å²) in [6.07, 6.45) is -2.87. The molecule has 2 aromatic heterocycles. The Morgan fingerprint density at radius 1 is 1.08 bits per heavy atom. The Morgan fingerprint density at radius 2 is 1.78 bits per heavy atom. The van der Waals surface area contributed by atoms with Gasteiger partial charge in [0.05, 0.1) is 17.4 Å². The van der Waals surface area contributed by atoms with Gasteiger partial charge in [0.25, 0.3) is 10.0 Å². The average Bonchev–Trinajstić information content (AvgIpc) is 2.83. The van der Waals surface area contributed by atoms with Crippen molar-refractivity contribution < 1.29 is 30.4 Å². The molecule has 1 N–H and O–H groups in total. The summed E-state index contributed by atoms with van der Waals surface area (Å²) in [5, 5.41) is -0.868. The van der Waals surface area contributed by atoms with Gasteiger partial charge in [-0.2, -0.15) is 26.0 Å². The van der Waals surface area contributed by atoms with Gasteiger partial charge in [-0.05, 0) is 48.7 Å². The number of piperidine rings is 1. The van der Waals surface area contributed by atoms with Crippen LogP contribution in [0, 0.1) is 11.8 Å². The first-order chi connectivity index (χ1) is 17.4. The molecular formula is C24H24F5N5O2S. The van der Waals surface area contributed by atoms with Gasteiger partial charge in [0.15, 0.2) is 5.03 Å². The number of pyridine rings is 2. The molecule has 0 bridgehead atoms. The van der Waals surface area contributed by atoms with Crippen LogP contribution >= 0.6 is 0 Å². The van der Waals surface area contributed by atoms with Crippen LogP contribution in [0.2, 0.25) is 0 Å². The summed E-state index contributed by atoms with van der Waals surface area (Å²) < 4.78 is 95.9. The van der Waals surface area contributed by atoms with Crippen molar-refractivity contribution in [2.45, 2.75) is 36.6 Å². The van der Waals surface area contributed by atoms with E-state index in [1.54, 1.807) is 6.07 Å². The number of halogens is 5. The summed E-state index contributed by atoms with van der Waals surface area (Å²) in [4.78, 5) is 10.7. The van der Waals surface area contributed by atoms with Gasteiger partial charge in [0.1, 0.15) is 11.6 Å². The summed E-state index contributed by atoms with van der Waals surface area (Å²) in [5.41, 5.74) is -0.590. The van der Waals surface area contributed by atoms with Crippen molar-refractivity contribution >= 4 is 21.5 Å². The lowest BCUT2D eigenvalue weighted by Crippen LogP contribution is -2.43. The van der Waals surface area contributed by atoms with Crippen molar-refractivity contribution in [1.29, 1.82) is 0 Å². The van der Waals surface area contributed by atoms with Crippen LogP contribution in [-0.2, 0) is 22.7 Å². The number of likely N-dealkylation sites (tertiary alicyclic amines) is 1. The number of nitrogens with one attached hydrogen (secondary N) is 1. The van der Waals surface area contributed by atoms with Crippen LogP contribution < -0.4 is 9.62 Å². The van der Waals surface area contributed by atoms with Crippen LogP contribution in [0.1, 0.15) is 24.0 Å². The maximum atomic E-state index is 14.0. The zero-order valence-corrected chi connectivity index (χ0v) is 20.5. The number of alkyl halides is 3. The minimum Gasteiger partial charge on any atom is -0.370 e. The van der Waals surface area contributed by atoms with Crippen molar-refractivity contribution in [2.24, 2.45) is 0 Å². The zero-order valence-electron chi connectivity index (χ0n) is 19.7. The Hall–Kier alpha value is -3.32. The average molecular weight is 542 g/mol. The molecule has 0 amide bonds. The maximum absolute atomic E-state index is 14.0. The molecule has 0 saturated carbocycles. The molecule has 3 aromatic rings. The van der Waals surface area contributed by atoms with Gasteiger partial charge in [-0.25, -0.2) is 14.4 Å². The van der Waals surface area contributed by atoms with Gasteiger partial charge in [0, 0.05) is 32.7 Å². The van der Waals surface area contributed by atoms with E-state index in [-0.39, 0.29) is 23.4 Å². The second-order valence-electron chi connectivity index (χ2n) is 8.74. The molecule has 0 spiro atoms. The number of hydrogen-bond donors (Lipinski definition) is 1. The van der Waals surface area contributed by atoms with Crippen molar-refractivity contribution in [1.82, 2.24) is 14.9 Å². The van der Waals surface area contributed by atoms with Gasteiger partial charge in [-0.3, -0.25) is 9.62 Å². The first kappa shape index (κ1) is 26.7. The molecule has 7 nitrogen and oxygen atoms in total. The minimum atomic E-state index is -4.86. The summed E-state index contributed by atoms with van der Waals surface area (Å²) in [5.74, 6) is -1.67. The van der Waals surface area contributed by atoms with Gasteiger partial charge in [-0.1, -0.05) is 18.2 Å². The number of aromatic nitrogens is 2. The molecule has 0 aliphatic carbocycles. The highest BCUT2D eigenvalue weighted by atomic mass is 32.2.